The van der Waals surface area contributed by atoms with Crippen LogP contribution in [0.5, 0.6) is 17.5 Å². The number of carbonyl (C=O) groups excluding carboxylic acids is 2. The molecule has 0 saturated carbocycles. The second-order valence-electron chi connectivity index (χ2n) is 9.82. The molecule has 16 heteroatoms. The molecule has 14 nitrogen and oxygen atoms in total. The number of rotatable bonds is 8. The number of nitro benzene ring substituents is 1. The molecule has 1 aromatic carbocycles. The summed E-state index contributed by atoms with van der Waals surface area (Å²) in [5, 5.41) is 18.3. The quantitative estimate of drug-likeness (QED) is 0.142. The third-order valence-corrected chi connectivity index (χ3v) is 7.77. The summed E-state index contributed by atoms with van der Waals surface area (Å²) in [4.78, 5) is 45.6. The predicted octanol–water partition coefficient (Wildman–Crippen LogP) is 4.16. The van der Waals surface area contributed by atoms with E-state index < -0.39 is 11.0 Å². The number of hydrogen-bond acceptors (Lipinski definition) is 11. The molecule has 0 aliphatic carbocycles. The van der Waals surface area contributed by atoms with Crippen LogP contribution in [0.15, 0.2) is 79.3 Å². The molecule has 4 aromatic rings. The predicted molar refractivity (Wildman–Crippen MR) is 176 cm³/mol. The third-order valence-electron chi connectivity index (χ3n) is 6.49. The van der Waals surface area contributed by atoms with E-state index in [4.69, 9.17) is 14.2 Å². The molecule has 45 heavy (non-hydrogen) atoms. The molecule has 0 atom stereocenters. The molecule has 0 N–H and O–H groups in total. The van der Waals surface area contributed by atoms with Gasteiger partial charge in [0, 0.05) is 50.0 Å². The van der Waals surface area contributed by atoms with Crippen molar-refractivity contribution >= 4 is 62.9 Å². The third kappa shape index (κ3) is 9.40. The monoisotopic (exact) mass is 837 g/mol. The number of carbonyl (C=O) groups is 2. The summed E-state index contributed by atoms with van der Waals surface area (Å²) < 4.78 is 18.6. The first-order chi connectivity index (χ1) is 21.7. The lowest BCUT2D eigenvalue weighted by molar-refractivity contribution is -0.384. The first kappa shape index (κ1) is 32.2. The van der Waals surface area contributed by atoms with E-state index in [2.05, 4.69) is 65.3 Å². The zero-order valence-electron chi connectivity index (χ0n) is 23.4. The molecule has 5 heterocycles. The second kappa shape index (κ2) is 15.2. The first-order valence-corrected chi connectivity index (χ1v) is 15.7. The van der Waals surface area contributed by atoms with Gasteiger partial charge in [-0.2, -0.15) is 10.2 Å². The highest BCUT2D eigenvalue weighted by Gasteiger charge is 2.34. The number of amides is 2. The van der Waals surface area contributed by atoms with Crippen LogP contribution < -0.4 is 14.2 Å². The van der Waals surface area contributed by atoms with Crippen LogP contribution in [0.2, 0.25) is 0 Å². The molecular weight excluding hydrogens is 812 g/mol. The number of hydrogen-bond donors (Lipinski definition) is 0. The van der Waals surface area contributed by atoms with Crippen molar-refractivity contribution in [2.24, 2.45) is 0 Å². The number of nitrogens with zero attached hydrogens (tertiary/aromatic N) is 7. The van der Waals surface area contributed by atoms with Gasteiger partial charge in [0.25, 0.3) is 5.69 Å². The number of benzene rings is 1. The summed E-state index contributed by atoms with van der Waals surface area (Å²) in [6.07, 6.45) is 4.71. The zero-order chi connectivity index (χ0) is 31.8. The molecule has 0 spiro atoms. The largest absolute Gasteiger partial charge is 0.471 e. The molecule has 2 fully saturated rings. The van der Waals surface area contributed by atoms with Crippen LogP contribution in [0.3, 0.4) is 0 Å². The Balaban J connectivity index is 0.000000179. The van der Waals surface area contributed by atoms with E-state index in [1.165, 1.54) is 29.2 Å². The topological polar surface area (TPSA) is 163 Å². The Morgan fingerprint density at radius 2 is 1.42 bits per heavy atom. The molecule has 2 aliphatic rings. The number of non-ortho nitro benzene ring substituents is 1. The van der Waals surface area contributed by atoms with Crippen molar-refractivity contribution < 1.29 is 28.7 Å². The van der Waals surface area contributed by atoms with Gasteiger partial charge in [0.1, 0.15) is 18.0 Å². The van der Waals surface area contributed by atoms with Crippen LogP contribution in [-0.4, -0.2) is 85.3 Å². The highest BCUT2D eigenvalue weighted by atomic mass is 127. The molecule has 232 valence electrons. The lowest BCUT2D eigenvalue weighted by Crippen LogP contribution is -2.57. The minimum Gasteiger partial charge on any atom is -0.471 e. The molecule has 0 unspecified atom stereocenters. The molecule has 6 rings (SSSR count). The molecule has 2 saturated heterocycles. The lowest BCUT2D eigenvalue weighted by Gasteiger charge is -2.38. The van der Waals surface area contributed by atoms with Crippen molar-refractivity contribution in [3.05, 3.63) is 102 Å². The maximum atomic E-state index is 12.0. The maximum Gasteiger partial charge on any atom is 0.415 e. The van der Waals surface area contributed by atoms with E-state index in [0.29, 0.717) is 43.6 Å². The smallest absolute Gasteiger partial charge is 0.415 e. The van der Waals surface area contributed by atoms with Crippen LogP contribution in [0, 0.1) is 17.3 Å². The van der Waals surface area contributed by atoms with Crippen LogP contribution in [-0.2, 0) is 11.2 Å². The van der Waals surface area contributed by atoms with Gasteiger partial charge in [0.2, 0.25) is 17.7 Å². The molecule has 3 aromatic heterocycles. The fraction of sp³-hybridized carbons (Fsp3) is 0.241. The van der Waals surface area contributed by atoms with E-state index in [9.17, 15) is 19.7 Å². The Kier molecular flexibility index (Phi) is 10.9. The van der Waals surface area contributed by atoms with Crippen LogP contribution in [0.25, 0.3) is 0 Å². The molecule has 2 amide bonds. The van der Waals surface area contributed by atoms with Crippen molar-refractivity contribution in [2.75, 3.05) is 26.2 Å². The average Bonchev–Trinajstić information content (AvgIpc) is 2.99. The molecular formula is C29H25I2N7O7. The van der Waals surface area contributed by atoms with Gasteiger partial charge in [-0.25, -0.2) is 14.8 Å². The Morgan fingerprint density at radius 1 is 0.844 bits per heavy atom. The fourth-order valence-electron chi connectivity index (χ4n) is 4.08. The number of pyridine rings is 2. The van der Waals surface area contributed by atoms with Gasteiger partial charge in [-0.1, -0.05) is 0 Å². The minimum absolute atomic E-state index is 0.0170. The van der Waals surface area contributed by atoms with Gasteiger partial charge in [-0.05, 0) is 81.6 Å². The Hall–Kier alpha value is -4.20. The number of nitro groups is 1. The van der Waals surface area contributed by atoms with E-state index in [1.54, 1.807) is 41.7 Å². The first-order valence-electron chi connectivity index (χ1n) is 13.5. The van der Waals surface area contributed by atoms with Crippen LogP contribution in [0.1, 0.15) is 5.69 Å². The normalized spacial score (nSPS) is 14.3. The van der Waals surface area contributed by atoms with Gasteiger partial charge in [-0.3, -0.25) is 14.9 Å². The lowest BCUT2D eigenvalue weighted by atomic mass is 10.1. The van der Waals surface area contributed by atoms with E-state index in [-0.39, 0.29) is 36.0 Å². The van der Waals surface area contributed by atoms with E-state index in [0.717, 1.165) is 7.14 Å². The maximum absolute atomic E-state index is 12.0. The molecule has 2 aliphatic heterocycles. The number of halogens is 2. The van der Waals surface area contributed by atoms with Gasteiger partial charge in [0.05, 0.1) is 43.2 Å². The standard InChI is InChI=1S/C15H12IN3O5.C14H13IN4O2/c16-10-1-6-14(17-7-10)23-13-8-18(9-13)15(20)24-12-4-2-11(3-5-12)19(21)22;15-10-3-4-13(16-7-10)21-12-8-19(9-12)14(20)6-11-2-1-5-17-18-11/h1-7,13H,8-9H2;1-5,7,12H,6,8-9H2. The summed E-state index contributed by atoms with van der Waals surface area (Å²) in [6, 6.07) is 16.4. The number of likely N-dealkylation sites (tertiary alicyclic amines) is 2. The zero-order valence-corrected chi connectivity index (χ0v) is 27.8. The molecule has 0 radical (unpaired) electrons. The average molecular weight is 837 g/mol. The van der Waals surface area contributed by atoms with Crippen molar-refractivity contribution in [1.29, 1.82) is 0 Å². The van der Waals surface area contributed by atoms with Crippen LogP contribution >= 0.6 is 45.2 Å². The van der Waals surface area contributed by atoms with Crippen molar-refractivity contribution in [1.82, 2.24) is 30.0 Å². The van der Waals surface area contributed by atoms with Gasteiger partial charge in [0.15, 0.2) is 0 Å². The number of aromatic nitrogens is 4. The van der Waals surface area contributed by atoms with Crippen molar-refractivity contribution in [3.63, 3.8) is 0 Å². The summed E-state index contributed by atoms with van der Waals surface area (Å²) >= 11 is 4.35. The fourth-order valence-corrected chi connectivity index (χ4v) is 4.72. The van der Waals surface area contributed by atoms with Crippen molar-refractivity contribution in [3.8, 4) is 17.5 Å². The Morgan fingerprint density at radius 3 is 1.91 bits per heavy atom. The van der Waals surface area contributed by atoms with Crippen LogP contribution in [0.4, 0.5) is 10.5 Å². The van der Waals surface area contributed by atoms with Crippen molar-refractivity contribution in [2.45, 2.75) is 18.6 Å². The van der Waals surface area contributed by atoms with E-state index in [1.807, 2.05) is 18.2 Å². The highest BCUT2D eigenvalue weighted by Crippen LogP contribution is 2.22. The Bertz CT molecular complexity index is 1600. The summed E-state index contributed by atoms with van der Waals surface area (Å²) in [6.45, 7) is 1.98. The van der Waals surface area contributed by atoms with Gasteiger partial charge < -0.3 is 24.0 Å². The summed E-state index contributed by atoms with van der Waals surface area (Å²) in [5.41, 5.74) is 0.628. The Labute approximate surface area is 284 Å². The second-order valence-corrected chi connectivity index (χ2v) is 12.3. The highest BCUT2D eigenvalue weighted by molar-refractivity contribution is 14.1. The SMILES string of the molecule is O=C(Cc1cccnn1)N1CC(Oc2ccc(I)cn2)C1.O=C(Oc1ccc([N+](=O)[O-])cc1)N1CC(Oc2ccc(I)cn2)C1. The van der Waals surface area contributed by atoms with Gasteiger partial charge in [-0.15, -0.1) is 0 Å². The number of ether oxygens (including phenoxy) is 3. The van der Waals surface area contributed by atoms with E-state index >= 15 is 0 Å². The minimum atomic E-state index is -0.515. The summed E-state index contributed by atoms with van der Waals surface area (Å²) in [7, 11) is 0. The summed E-state index contributed by atoms with van der Waals surface area (Å²) in [5.74, 6) is 1.42. The van der Waals surface area contributed by atoms with Gasteiger partial charge >= 0.3 is 6.09 Å². The molecule has 0 bridgehead atoms.